The molecule has 84 valence electrons. The molecular formula is C10H9BrClN3O. The number of nitrogens with zero attached hydrogens (tertiary/aromatic N) is 1. The van der Waals surface area contributed by atoms with Gasteiger partial charge in [0.15, 0.2) is 0 Å². The molecular weight excluding hydrogens is 293 g/mol. The minimum atomic E-state index is -0.334. The fourth-order valence-electron chi connectivity index (χ4n) is 1.72. The van der Waals surface area contributed by atoms with E-state index in [2.05, 4.69) is 21.4 Å². The van der Waals surface area contributed by atoms with Gasteiger partial charge in [0.1, 0.15) is 0 Å². The summed E-state index contributed by atoms with van der Waals surface area (Å²) in [5.74, 6) is 4.79. The summed E-state index contributed by atoms with van der Waals surface area (Å²) in [5.41, 5.74) is 3.43. The molecule has 0 radical (unpaired) electrons. The highest BCUT2D eigenvalue weighted by molar-refractivity contribution is 9.10. The Labute approximate surface area is 105 Å². The van der Waals surface area contributed by atoms with Crippen molar-refractivity contribution in [2.45, 2.75) is 0 Å². The maximum atomic E-state index is 11.6. The number of hydrogen-bond acceptors (Lipinski definition) is 2. The fourth-order valence-corrected chi connectivity index (χ4v) is 2.66. The van der Waals surface area contributed by atoms with E-state index in [9.17, 15) is 4.79 Å². The van der Waals surface area contributed by atoms with Crippen LogP contribution in [-0.2, 0) is 7.05 Å². The molecule has 0 fully saturated rings. The number of fused-ring (bicyclic) bond motifs is 1. The number of carbonyl (C=O) groups is 1. The number of nitrogens with one attached hydrogen (secondary N) is 1. The van der Waals surface area contributed by atoms with Crippen LogP contribution in [0.1, 0.15) is 10.4 Å². The molecule has 1 aromatic heterocycles. The van der Waals surface area contributed by atoms with Crippen molar-refractivity contribution < 1.29 is 4.79 Å². The number of aromatic nitrogens is 1. The van der Waals surface area contributed by atoms with Gasteiger partial charge in [-0.05, 0) is 12.1 Å². The van der Waals surface area contributed by atoms with Gasteiger partial charge in [-0.3, -0.25) is 10.2 Å². The number of rotatable bonds is 1. The van der Waals surface area contributed by atoms with Crippen molar-refractivity contribution in [1.82, 2.24) is 9.99 Å². The van der Waals surface area contributed by atoms with Gasteiger partial charge >= 0.3 is 0 Å². The maximum Gasteiger partial charge on any atom is 0.267 e. The van der Waals surface area contributed by atoms with Crippen molar-refractivity contribution >= 4 is 44.3 Å². The van der Waals surface area contributed by atoms with Gasteiger partial charge in [-0.2, -0.15) is 0 Å². The largest absolute Gasteiger partial charge is 0.349 e. The molecule has 0 unspecified atom stereocenters. The average Bonchev–Trinajstić information content (AvgIpc) is 2.54. The van der Waals surface area contributed by atoms with E-state index in [4.69, 9.17) is 17.4 Å². The molecule has 0 saturated heterocycles. The highest BCUT2D eigenvalue weighted by Crippen LogP contribution is 2.31. The first-order valence-electron chi connectivity index (χ1n) is 4.49. The molecule has 6 heteroatoms. The van der Waals surface area contributed by atoms with Crippen molar-refractivity contribution in [1.29, 1.82) is 0 Å². The SMILES string of the molecule is Cn1cc(C(=O)NN)c2cc(Br)cc(Cl)c21. The van der Waals surface area contributed by atoms with E-state index in [0.717, 1.165) is 15.4 Å². The van der Waals surface area contributed by atoms with Crippen LogP contribution >= 0.6 is 27.5 Å². The number of nitrogen functional groups attached to an aromatic ring is 1. The normalized spacial score (nSPS) is 10.8. The van der Waals surface area contributed by atoms with E-state index in [1.165, 1.54) is 0 Å². The maximum absolute atomic E-state index is 11.6. The summed E-state index contributed by atoms with van der Waals surface area (Å²) < 4.78 is 2.62. The lowest BCUT2D eigenvalue weighted by Crippen LogP contribution is -2.29. The van der Waals surface area contributed by atoms with Gasteiger partial charge < -0.3 is 4.57 Å². The molecule has 0 aliphatic heterocycles. The lowest BCUT2D eigenvalue weighted by Gasteiger charge is -2.00. The Kier molecular flexibility index (Phi) is 2.92. The van der Waals surface area contributed by atoms with E-state index in [1.54, 1.807) is 16.8 Å². The summed E-state index contributed by atoms with van der Waals surface area (Å²) in [7, 11) is 1.83. The molecule has 4 nitrogen and oxygen atoms in total. The number of hydrazine groups is 1. The van der Waals surface area contributed by atoms with Crippen molar-refractivity contribution in [2.24, 2.45) is 12.9 Å². The Morgan fingerprint density at radius 1 is 1.56 bits per heavy atom. The van der Waals surface area contributed by atoms with E-state index >= 15 is 0 Å². The molecule has 1 amide bonds. The van der Waals surface area contributed by atoms with Gasteiger partial charge in [-0.1, -0.05) is 27.5 Å². The molecule has 3 N–H and O–H groups in total. The third-order valence-corrected chi connectivity index (χ3v) is 3.12. The summed E-state index contributed by atoms with van der Waals surface area (Å²) in [6, 6.07) is 3.62. The summed E-state index contributed by atoms with van der Waals surface area (Å²) in [6.45, 7) is 0. The van der Waals surface area contributed by atoms with Gasteiger partial charge in [0.2, 0.25) is 0 Å². The minimum absolute atomic E-state index is 0.334. The molecule has 2 rings (SSSR count). The molecule has 1 heterocycles. The zero-order valence-corrected chi connectivity index (χ0v) is 10.8. The average molecular weight is 303 g/mol. The Morgan fingerprint density at radius 2 is 2.25 bits per heavy atom. The van der Waals surface area contributed by atoms with Gasteiger partial charge in [0.25, 0.3) is 5.91 Å². The second-order valence-electron chi connectivity index (χ2n) is 3.41. The number of amides is 1. The molecule has 0 bridgehead atoms. The van der Waals surface area contributed by atoms with Crippen LogP contribution < -0.4 is 11.3 Å². The zero-order chi connectivity index (χ0) is 11.9. The Balaban J connectivity index is 2.83. The van der Waals surface area contributed by atoms with Crippen molar-refractivity contribution in [3.8, 4) is 0 Å². The first-order valence-corrected chi connectivity index (χ1v) is 5.66. The molecule has 0 aliphatic rings. The first kappa shape index (κ1) is 11.4. The Morgan fingerprint density at radius 3 is 2.88 bits per heavy atom. The number of nitrogens with two attached hydrogens (primary N) is 1. The monoisotopic (exact) mass is 301 g/mol. The molecule has 1 aromatic carbocycles. The number of hydrogen-bond donors (Lipinski definition) is 2. The van der Waals surface area contributed by atoms with Crippen LogP contribution in [-0.4, -0.2) is 10.5 Å². The molecule has 2 aromatic rings. The van der Waals surface area contributed by atoms with Crippen LogP contribution in [0.25, 0.3) is 10.9 Å². The Hall–Kier alpha value is -1.04. The number of halogens is 2. The van der Waals surface area contributed by atoms with E-state index in [0.29, 0.717) is 10.6 Å². The quantitative estimate of drug-likeness (QED) is 0.482. The van der Waals surface area contributed by atoms with Crippen molar-refractivity contribution in [2.75, 3.05) is 0 Å². The predicted molar refractivity (Wildman–Crippen MR) is 67.3 cm³/mol. The van der Waals surface area contributed by atoms with Crippen LogP contribution in [0.15, 0.2) is 22.8 Å². The van der Waals surface area contributed by atoms with Gasteiger partial charge in [-0.15, -0.1) is 0 Å². The lowest BCUT2D eigenvalue weighted by molar-refractivity contribution is 0.0955. The van der Waals surface area contributed by atoms with Gasteiger partial charge in [0, 0.05) is 23.1 Å². The summed E-state index contributed by atoms with van der Waals surface area (Å²) in [6.07, 6.45) is 1.70. The van der Waals surface area contributed by atoms with E-state index in [-0.39, 0.29) is 5.91 Å². The smallest absolute Gasteiger partial charge is 0.267 e. The summed E-state index contributed by atoms with van der Waals surface area (Å²) in [5, 5.41) is 1.35. The first-order chi connectivity index (χ1) is 7.54. The summed E-state index contributed by atoms with van der Waals surface area (Å²) in [4.78, 5) is 11.6. The third-order valence-electron chi connectivity index (χ3n) is 2.37. The highest BCUT2D eigenvalue weighted by atomic mass is 79.9. The van der Waals surface area contributed by atoms with Crippen LogP contribution in [0.4, 0.5) is 0 Å². The second kappa shape index (κ2) is 4.08. The highest BCUT2D eigenvalue weighted by Gasteiger charge is 2.15. The van der Waals surface area contributed by atoms with Gasteiger partial charge in [-0.25, -0.2) is 5.84 Å². The van der Waals surface area contributed by atoms with Crippen LogP contribution in [0.5, 0.6) is 0 Å². The standard InChI is InChI=1S/C10H9BrClN3O/c1-15-4-7(10(16)14-13)6-2-5(11)3-8(12)9(6)15/h2-4H,13H2,1H3,(H,14,16). The zero-order valence-electron chi connectivity index (χ0n) is 8.42. The predicted octanol–water partition coefficient (Wildman–Crippen LogP) is 2.20. The molecule has 0 aliphatic carbocycles. The fraction of sp³-hybridized carbons (Fsp3) is 0.100. The van der Waals surface area contributed by atoms with E-state index < -0.39 is 0 Å². The van der Waals surface area contributed by atoms with Crippen LogP contribution in [0.2, 0.25) is 5.02 Å². The van der Waals surface area contributed by atoms with Crippen molar-refractivity contribution in [3.63, 3.8) is 0 Å². The molecule has 0 atom stereocenters. The Bertz CT molecular complexity index is 579. The van der Waals surface area contributed by atoms with Crippen molar-refractivity contribution in [3.05, 3.63) is 33.4 Å². The number of aryl methyl sites for hydroxylation is 1. The number of benzene rings is 1. The summed E-state index contributed by atoms with van der Waals surface area (Å²) >= 11 is 9.46. The lowest BCUT2D eigenvalue weighted by atomic mass is 10.1. The molecule has 0 saturated carbocycles. The second-order valence-corrected chi connectivity index (χ2v) is 4.73. The molecule has 0 spiro atoms. The van der Waals surface area contributed by atoms with Crippen LogP contribution in [0.3, 0.4) is 0 Å². The van der Waals surface area contributed by atoms with E-state index in [1.807, 2.05) is 13.1 Å². The van der Waals surface area contributed by atoms with Gasteiger partial charge in [0.05, 0.1) is 16.1 Å². The number of carbonyl (C=O) groups excluding carboxylic acids is 1. The van der Waals surface area contributed by atoms with Crippen LogP contribution in [0, 0.1) is 0 Å². The minimum Gasteiger partial charge on any atom is -0.349 e. The topological polar surface area (TPSA) is 60.0 Å². The third kappa shape index (κ3) is 1.71. The molecule has 16 heavy (non-hydrogen) atoms.